The molecule has 122 valence electrons. The number of methoxy groups -OCH3 is 1. The summed E-state index contributed by atoms with van der Waals surface area (Å²) >= 11 is 1.77. The average molecular weight is 345 g/mol. The molecule has 1 atom stereocenters. The van der Waals surface area contributed by atoms with Gasteiger partial charge in [0.15, 0.2) is 0 Å². The van der Waals surface area contributed by atoms with Crippen molar-refractivity contribution in [3.63, 3.8) is 0 Å². The molecule has 0 radical (unpaired) electrons. The van der Waals surface area contributed by atoms with Crippen LogP contribution in [0.4, 0.5) is 0 Å². The fraction of sp³-hybridized carbons (Fsp3) is 0.316. The average Bonchev–Trinajstić information content (AvgIpc) is 2.54. The van der Waals surface area contributed by atoms with Crippen molar-refractivity contribution in [2.75, 3.05) is 7.11 Å². The Hall–Kier alpha value is -1.52. The molecule has 0 saturated heterocycles. The van der Waals surface area contributed by atoms with E-state index in [1.165, 1.54) is 17.2 Å². The Morgan fingerprint density at radius 2 is 1.65 bits per heavy atom. The lowest BCUT2D eigenvalue weighted by molar-refractivity contribution is -0.140. The first-order valence-corrected chi connectivity index (χ1v) is 12.2. The molecule has 2 nitrogen and oxygen atoms in total. The highest BCUT2D eigenvalue weighted by molar-refractivity contribution is 7.99. The third kappa shape index (κ3) is 4.98. The summed E-state index contributed by atoms with van der Waals surface area (Å²) in [6.45, 7) is 7.05. The smallest absolute Gasteiger partial charge is 0.306 e. The van der Waals surface area contributed by atoms with Gasteiger partial charge in [-0.1, -0.05) is 68.2 Å². The van der Waals surface area contributed by atoms with E-state index in [0.29, 0.717) is 6.42 Å². The molecule has 0 aliphatic carbocycles. The topological polar surface area (TPSA) is 26.3 Å². The van der Waals surface area contributed by atoms with Crippen molar-refractivity contribution in [2.24, 2.45) is 0 Å². The maximum atomic E-state index is 11.8. The second kappa shape index (κ2) is 7.84. The van der Waals surface area contributed by atoms with E-state index in [9.17, 15) is 4.79 Å². The SMILES string of the molecule is COC(=O)C[C@H](Sc1ccccc1[Si](C)(C)C)c1ccccc1. The number of ether oxygens (including phenoxy) is 1. The van der Waals surface area contributed by atoms with Crippen molar-refractivity contribution in [3.05, 3.63) is 60.2 Å². The minimum atomic E-state index is -1.43. The molecule has 2 rings (SSSR count). The minimum Gasteiger partial charge on any atom is -0.469 e. The van der Waals surface area contributed by atoms with Gasteiger partial charge in [0, 0.05) is 10.1 Å². The van der Waals surface area contributed by atoms with E-state index in [-0.39, 0.29) is 11.2 Å². The second-order valence-electron chi connectivity index (χ2n) is 6.54. The summed E-state index contributed by atoms with van der Waals surface area (Å²) in [6, 6.07) is 18.8. The van der Waals surface area contributed by atoms with Gasteiger partial charge < -0.3 is 4.74 Å². The van der Waals surface area contributed by atoms with Crippen LogP contribution in [-0.2, 0) is 9.53 Å². The van der Waals surface area contributed by atoms with Gasteiger partial charge in [-0.3, -0.25) is 4.79 Å². The molecule has 0 bridgehead atoms. The zero-order chi connectivity index (χ0) is 16.9. The van der Waals surface area contributed by atoms with Crippen LogP contribution in [0.5, 0.6) is 0 Å². The summed E-state index contributed by atoms with van der Waals surface area (Å²) in [7, 11) is 0.0185. The highest BCUT2D eigenvalue weighted by Crippen LogP contribution is 2.37. The van der Waals surface area contributed by atoms with E-state index in [4.69, 9.17) is 4.74 Å². The van der Waals surface area contributed by atoms with Crippen molar-refractivity contribution in [3.8, 4) is 0 Å². The Morgan fingerprint density at radius 1 is 1.04 bits per heavy atom. The van der Waals surface area contributed by atoms with Crippen molar-refractivity contribution in [1.29, 1.82) is 0 Å². The summed E-state index contributed by atoms with van der Waals surface area (Å²) in [6.07, 6.45) is 0.380. The molecule has 0 spiro atoms. The lowest BCUT2D eigenvalue weighted by Crippen LogP contribution is -2.38. The van der Waals surface area contributed by atoms with Crippen LogP contribution in [0.15, 0.2) is 59.5 Å². The first-order valence-electron chi connectivity index (χ1n) is 7.79. The normalized spacial score (nSPS) is 12.7. The van der Waals surface area contributed by atoms with Gasteiger partial charge in [-0.15, -0.1) is 11.8 Å². The molecule has 4 heteroatoms. The van der Waals surface area contributed by atoms with Crippen molar-refractivity contribution >= 4 is 31.0 Å². The van der Waals surface area contributed by atoms with Gasteiger partial charge in [0.05, 0.1) is 21.6 Å². The van der Waals surface area contributed by atoms with E-state index < -0.39 is 8.07 Å². The summed E-state index contributed by atoms with van der Waals surface area (Å²) in [5.41, 5.74) is 1.16. The largest absolute Gasteiger partial charge is 0.469 e. The zero-order valence-corrected chi connectivity index (χ0v) is 16.0. The molecular weight excluding hydrogens is 320 g/mol. The Morgan fingerprint density at radius 3 is 2.26 bits per heavy atom. The molecule has 0 aliphatic rings. The predicted molar refractivity (Wildman–Crippen MR) is 101 cm³/mol. The molecule has 0 fully saturated rings. The van der Waals surface area contributed by atoms with E-state index >= 15 is 0 Å². The fourth-order valence-corrected chi connectivity index (χ4v) is 6.16. The molecule has 0 amide bonds. The number of thioether (sulfide) groups is 1. The molecule has 23 heavy (non-hydrogen) atoms. The van der Waals surface area contributed by atoms with Gasteiger partial charge in [0.2, 0.25) is 0 Å². The monoisotopic (exact) mass is 344 g/mol. The second-order valence-corrected chi connectivity index (χ2v) is 12.8. The molecular formula is C19H24O2SSi. The van der Waals surface area contributed by atoms with Crippen LogP contribution >= 0.6 is 11.8 Å². The third-order valence-corrected chi connectivity index (χ3v) is 7.28. The first kappa shape index (κ1) is 17.8. The highest BCUT2D eigenvalue weighted by atomic mass is 32.2. The van der Waals surface area contributed by atoms with Crippen LogP contribution in [-0.4, -0.2) is 21.2 Å². The Kier molecular flexibility index (Phi) is 6.08. The number of carbonyl (C=O) groups is 1. The molecule has 0 aromatic heterocycles. The number of esters is 1. The number of hydrogen-bond donors (Lipinski definition) is 0. The lowest BCUT2D eigenvalue weighted by Gasteiger charge is -2.23. The number of benzene rings is 2. The van der Waals surface area contributed by atoms with Gasteiger partial charge in [0.1, 0.15) is 0 Å². The minimum absolute atomic E-state index is 0.0705. The van der Waals surface area contributed by atoms with Crippen LogP contribution in [0.2, 0.25) is 19.6 Å². The van der Waals surface area contributed by atoms with Gasteiger partial charge in [-0.05, 0) is 16.8 Å². The van der Waals surface area contributed by atoms with Crippen molar-refractivity contribution < 1.29 is 9.53 Å². The van der Waals surface area contributed by atoms with Crippen LogP contribution in [0.3, 0.4) is 0 Å². The molecule has 0 N–H and O–H groups in total. The quantitative estimate of drug-likeness (QED) is 0.434. The Labute approximate surface area is 144 Å². The summed E-state index contributed by atoms with van der Waals surface area (Å²) in [5.74, 6) is -0.170. The van der Waals surface area contributed by atoms with Crippen LogP contribution in [0.1, 0.15) is 17.2 Å². The fourth-order valence-electron chi connectivity index (χ4n) is 2.47. The molecule has 2 aromatic rings. The van der Waals surface area contributed by atoms with Gasteiger partial charge in [0.25, 0.3) is 0 Å². The Bertz CT molecular complexity index is 650. The van der Waals surface area contributed by atoms with Gasteiger partial charge in [-0.2, -0.15) is 0 Å². The van der Waals surface area contributed by atoms with Crippen LogP contribution in [0.25, 0.3) is 0 Å². The highest BCUT2D eigenvalue weighted by Gasteiger charge is 2.24. The van der Waals surface area contributed by atoms with Crippen molar-refractivity contribution in [1.82, 2.24) is 0 Å². The van der Waals surface area contributed by atoms with E-state index in [1.807, 2.05) is 18.2 Å². The Balaban J connectivity index is 2.34. The summed E-state index contributed by atoms with van der Waals surface area (Å²) in [5, 5.41) is 1.51. The van der Waals surface area contributed by atoms with E-state index in [2.05, 4.69) is 56.0 Å². The molecule has 0 heterocycles. The van der Waals surface area contributed by atoms with Crippen molar-refractivity contribution in [2.45, 2.75) is 36.2 Å². The van der Waals surface area contributed by atoms with Crippen LogP contribution in [0, 0.1) is 0 Å². The number of hydrogen-bond acceptors (Lipinski definition) is 3. The summed E-state index contributed by atoms with van der Waals surface area (Å²) < 4.78 is 4.89. The number of carbonyl (C=O) groups excluding carboxylic acids is 1. The van der Waals surface area contributed by atoms with E-state index in [1.54, 1.807) is 11.8 Å². The van der Waals surface area contributed by atoms with E-state index in [0.717, 1.165) is 5.56 Å². The van der Waals surface area contributed by atoms with Gasteiger partial charge >= 0.3 is 5.97 Å². The first-order chi connectivity index (χ1) is 10.9. The van der Waals surface area contributed by atoms with Crippen LogP contribution < -0.4 is 5.19 Å². The maximum absolute atomic E-state index is 11.8. The molecule has 2 aromatic carbocycles. The molecule has 0 unspecified atom stereocenters. The predicted octanol–water partition coefficient (Wildman–Crippen LogP) is 4.63. The number of rotatable bonds is 6. The standard InChI is InChI=1S/C19H24O2SSi/c1-21-19(20)14-17(15-10-6-5-7-11-15)22-16-12-8-9-13-18(16)23(2,3)4/h5-13,17H,14H2,1-4H3/t17-/m0/s1. The third-order valence-electron chi connectivity index (χ3n) is 3.72. The molecule has 0 aliphatic heterocycles. The zero-order valence-electron chi connectivity index (χ0n) is 14.2. The lowest BCUT2D eigenvalue weighted by atomic mass is 10.1. The maximum Gasteiger partial charge on any atom is 0.306 e. The van der Waals surface area contributed by atoms with Gasteiger partial charge in [-0.25, -0.2) is 0 Å². The molecule has 0 saturated carbocycles. The summed E-state index contributed by atoms with van der Waals surface area (Å²) in [4.78, 5) is 13.1.